The standard InChI is InChI=1S/C19H41N/c1-4-5-6-7-8-9-10-11-12-13-14-15-16-17-20-18-19(2)3/h19-20H,4-18H2,1-3H3. The second-order valence-electron chi connectivity index (χ2n) is 6.84. The van der Waals surface area contributed by atoms with E-state index >= 15 is 0 Å². The predicted molar refractivity (Wildman–Crippen MR) is 93.4 cm³/mol. The van der Waals surface area contributed by atoms with Crippen LogP contribution in [0, 0.1) is 5.92 Å². The molecule has 20 heavy (non-hydrogen) atoms. The van der Waals surface area contributed by atoms with Crippen molar-refractivity contribution in [2.45, 2.75) is 104 Å². The normalized spacial score (nSPS) is 11.4. The summed E-state index contributed by atoms with van der Waals surface area (Å²) in [5.41, 5.74) is 0. The lowest BCUT2D eigenvalue weighted by Gasteiger charge is -2.07. The van der Waals surface area contributed by atoms with Crippen molar-refractivity contribution in [3.63, 3.8) is 0 Å². The quantitative estimate of drug-likeness (QED) is 0.327. The van der Waals surface area contributed by atoms with E-state index in [9.17, 15) is 0 Å². The summed E-state index contributed by atoms with van der Waals surface area (Å²) < 4.78 is 0. The van der Waals surface area contributed by atoms with Gasteiger partial charge in [0.1, 0.15) is 0 Å². The van der Waals surface area contributed by atoms with Crippen molar-refractivity contribution >= 4 is 0 Å². The highest BCUT2D eigenvalue weighted by Crippen LogP contribution is 2.12. The van der Waals surface area contributed by atoms with E-state index < -0.39 is 0 Å². The molecule has 1 nitrogen and oxygen atoms in total. The van der Waals surface area contributed by atoms with Crippen LogP contribution in [0.3, 0.4) is 0 Å². The van der Waals surface area contributed by atoms with Crippen molar-refractivity contribution in [1.29, 1.82) is 0 Å². The van der Waals surface area contributed by atoms with Crippen LogP contribution < -0.4 is 5.32 Å². The molecule has 0 fully saturated rings. The molecule has 0 aliphatic heterocycles. The van der Waals surface area contributed by atoms with E-state index in [2.05, 4.69) is 26.1 Å². The summed E-state index contributed by atoms with van der Waals surface area (Å²) in [6, 6.07) is 0. The topological polar surface area (TPSA) is 12.0 Å². The van der Waals surface area contributed by atoms with Gasteiger partial charge in [0.05, 0.1) is 0 Å². The number of unbranched alkanes of at least 4 members (excludes halogenated alkanes) is 12. The summed E-state index contributed by atoms with van der Waals surface area (Å²) in [5, 5.41) is 3.52. The monoisotopic (exact) mass is 283 g/mol. The van der Waals surface area contributed by atoms with E-state index in [0.29, 0.717) is 0 Å². The second-order valence-corrected chi connectivity index (χ2v) is 6.84. The molecule has 0 heterocycles. The summed E-state index contributed by atoms with van der Waals surface area (Å²) >= 11 is 0. The Kier molecular flexibility index (Phi) is 17.0. The molecule has 0 spiro atoms. The minimum Gasteiger partial charge on any atom is -0.316 e. The molecule has 0 bridgehead atoms. The van der Waals surface area contributed by atoms with Gasteiger partial charge in [-0.3, -0.25) is 0 Å². The van der Waals surface area contributed by atoms with Gasteiger partial charge in [0.25, 0.3) is 0 Å². The minimum absolute atomic E-state index is 0.789. The zero-order chi connectivity index (χ0) is 14.9. The summed E-state index contributed by atoms with van der Waals surface area (Å²) in [6.07, 6.45) is 18.8. The second kappa shape index (κ2) is 17.0. The number of hydrogen-bond donors (Lipinski definition) is 1. The average molecular weight is 284 g/mol. The first-order chi connectivity index (χ1) is 9.77. The molecule has 0 aromatic heterocycles. The van der Waals surface area contributed by atoms with Gasteiger partial charge in [0.15, 0.2) is 0 Å². The van der Waals surface area contributed by atoms with Gasteiger partial charge in [-0.1, -0.05) is 97.8 Å². The van der Waals surface area contributed by atoms with E-state index in [1.165, 1.54) is 96.6 Å². The molecular weight excluding hydrogens is 242 g/mol. The molecular formula is C19H41N. The molecule has 0 radical (unpaired) electrons. The van der Waals surface area contributed by atoms with Gasteiger partial charge in [-0.2, -0.15) is 0 Å². The Bertz CT molecular complexity index is 165. The summed E-state index contributed by atoms with van der Waals surface area (Å²) in [4.78, 5) is 0. The first kappa shape index (κ1) is 20.0. The smallest absolute Gasteiger partial charge is 0.00258 e. The third kappa shape index (κ3) is 18.0. The molecule has 1 heteroatoms. The number of nitrogens with one attached hydrogen (secondary N) is 1. The Morgan fingerprint density at radius 2 is 1.00 bits per heavy atom. The minimum atomic E-state index is 0.789. The highest BCUT2D eigenvalue weighted by atomic mass is 14.8. The summed E-state index contributed by atoms with van der Waals surface area (Å²) in [7, 11) is 0. The molecule has 0 saturated heterocycles. The van der Waals surface area contributed by atoms with Gasteiger partial charge in [-0.05, 0) is 25.4 Å². The third-order valence-electron chi connectivity index (χ3n) is 4.01. The molecule has 0 amide bonds. The van der Waals surface area contributed by atoms with Crippen LogP contribution >= 0.6 is 0 Å². The largest absolute Gasteiger partial charge is 0.316 e. The Balaban J connectivity index is 2.92. The molecule has 0 atom stereocenters. The molecule has 0 saturated carbocycles. The van der Waals surface area contributed by atoms with Gasteiger partial charge in [0.2, 0.25) is 0 Å². The predicted octanol–water partition coefficient (Wildman–Crippen LogP) is 6.32. The van der Waals surface area contributed by atoms with E-state index in [0.717, 1.165) is 5.92 Å². The van der Waals surface area contributed by atoms with E-state index in [1.54, 1.807) is 0 Å². The lowest BCUT2D eigenvalue weighted by atomic mass is 10.0. The highest BCUT2D eigenvalue weighted by Gasteiger charge is 1.95. The maximum Gasteiger partial charge on any atom is -0.00258 e. The van der Waals surface area contributed by atoms with Crippen molar-refractivity contribution in [3.05, 3.63) is 0 Å². The number of hydrogen-bond acceptors (Lipinski definition) is 1. The van der Waals surface area contributed by atoms with Crippen LogP contribution in [0.2, 0.25) is 0 Å². The fraction of sp³-hybridized carbons (Fsp3) is 1.00. The van der Waals surface area contributed by atoms with Crippen LogP contribution in [0.15, 0.2) is 0 Å². The molecule has 0 aliphatic carbocycles. The number of rotatable bonds is 16. The van der Waals surface area contributed by atoms with E-state index in [1.807, 2.05) is 0 Å². The van der Waals surface area contributed by atoms with E-state index in [-0.39, 0.29) is 0 Å². The van der Waals surface area contributed by atoms with Gasteiger partial charge < -0.3 is 5.32 Å². The fourth-order valence-corrected chi connectivity index (χ4v) is 2.66. The van der Waals surface area contributed by atoms with Crippen LogP contribution in [0.5, 0.6) is 0 Å². The van der Waals surface area contributed by atoms with Crippen molar-refractivity contribution < 1.29 is 0 Å². The van der Waals surface area contributed by atoms with Crippen LogP contribution in [0.4, 0.5) is 0 Å². The van der Waals surface area contributed by atoms with Crippen LogP contribution in [-0.2, 0) is 0 Å². The van der Waals surface area contributed by atoms with Gasteiger partial charge >= 0.3 is 0 Å². The first-order valence-corrected chi connectivity index (χ1v) is 9.48. The van der Waals surface area contributed by atoms with Crippen molar-refractivity contribution in [1.82, 2.24) is 5.32 Å². The maximum atomic E-state index is 3.52. The lowest BCUT2D eigenvalue weighted by molar-refractivity contribution is 0.513. The molecule has 0 rings (SSSR count). The first-order valence-electron chi connectivity index (χ1n) is 9.48. The fourth-order valence-electron chi connectivity index (χ4n) is 2.66. The highest BCUT2D eigenvalue weighted by molar-refractivity contribution is 4.53. The third-order valence-corrected chi connectivity index (χ3v) is 4.01. The van der Waals surface area contributed by atoms with Crippen molar-refractivity contribution in [2.24, 2.45) is 5.92 Å². The zero-order valence-electron chi connectivity index (χ0n) is 14.7. The van der Waals surface area contributed by atoms with Gasteiger partial charge in [0, 0.05) is 0 Å². The maximum absolute atomic E-state index is 3.52. The average Bonchev–Trinajstić information content (AvgIpc) is 2.43. The van der Waals surface area contributed by atoms with Crippen LogP contribution in [0.1, 0.15) is 104 Å². The van der Waals surface area contributed by atoms with Gasteiger partial charge in [-0.25, -0.2) is 0 Å². The SMILES string of the molecule is CCCCCCCCCCCCCCCNCC(C)C. The Labute approximate surface area is 129 Å². The van der Waals surface area contributed by atoms with Crippen LogP contribution in [-0.4, -0.2) is 13.1 Å². The summed E-state index contributed by atoms with van der Waals surface area (Å²) in [6.45, 7) is 9.24. The Morgan fingerprint density at radius 3 is 1.40 bits per heavy atom. The van der Waals surface area contributed by atoms with Gasteiger partial charge in [-0.15, -0.1) is 0 Å². The lowest BCUT2D eigenvalue weighted by Crippen LogP contribution is -2.20. The van der Waals surface area contributed by atoms with Crippen molar-refractivity contribution in [3.8, 4) is 0 Å². The molecule has 1 N–H and O–H groups in total. The van der Waals surface area contributed by atoms with E-state index in [4.69, 9.17) is 0 Å². The Morgan fingerprint density at radius 1 is 0.600 bits per heavy atom. The summed E-state index contributed by atoms with van der Waals surface area (Å²) in [5.74, 6) is 0.789. The molecule has 0 aromatic carbocycles. The molecule has 0 unspecified atom stereocenters. The molecule has 0 aliphatic rings. The van der Waals surface area contributed by atoms with Crippen molar-refractivity contribution in [2.75, 3.05) is 13.1 Å². The molecule has 0 aromatic rings. The van der Waals surface area contributed by atoms with Crippen LogP contribution in [0.25, 0.3) is 0 Å². The Hall–Kier alpha value is -0.0400. The zero-order valence-corrected chi connectivity index (χ0v) is 14.7. The molecule has 122 valence electrons.